The van der Waals surface area contributed by atoms with Gasteiger partial charge in [-0.25, -0.2) is 4.98 Å². The van der Waals surface area contributed by atoms with E-state index < -0.39 is 0 Å². The highest BCUT2D eigenvalue weighted by Gasteiger charge is 2.33. The minimum absolute atomic E-state index is 0.159. The number of carbonyl (C=O) groups excluding carboxylic acids is 1. The number of hydrogen-bond acceptors (Lipinski definition) is 5. The number of anilines is 3. The summed E-state index contributed by atoms with van der Waals surface area (Å²) in [6, 6.07) is 15.2. The fraction of sp³-hybridized carbons (Fsp3) is 0.143. The van der Waals surface area contributed by atoms with E-state index in [0.717, 1.165) is 0 Å². The van der Waals surface area contributed by atoms with Crippen LogP contribution in [0.3, 0.4) is 0 Å². The number of rotatable bonds is 4. The molecule has 4 rings (SSSR count). The van der Waals surface area contributed by atoms with Crippen LogP contribution in [0.15, 0.2) is 60.8 Å². The fourth-order valence-corrected chi connectivity index (χ4v) is 3.54. The van der Waals surface area contributed by atoms with Crippen LogP contribution in [0.2, 0.25) is 10.0 Å². The van der Waals surface area contributed by atoms with E-state index in [1.165, 1.54) is 0 Å². The molecule has 0 fully saturated rings. The van der Waals surface area contributed by atoms with Crippen molar-refractivity contribution in [3.63, 3.8) is 0 Å². The molecule has 29 heavy (non-hydrogen) atoms. The van der Waals surface area contributed by atoms with Crippen LogP contribution in [0.4, 0.5) is 17.2 Å². The van der Waals surface area contributed by atoms with E-state index in [-0.39, 0.29) is 25.2 Å². The SMILES string of the molecule is O=C(Nc1ccc(Cl)cc1)c1cccc2c1OC[C@H](CO)N2c1ncccc1Cl. The van der Waals surface area contributed by atoms with Crippen LogP contribution in [0, 0.1) is 0 Å². The molecule has 0 bridgehead atoms. The fourth-order valence-electron chi connectivity index (χ4n) is 3.20. The average molecular weight is 430 g/mol. The molecule has 0 spiro atoms. The Kier molecular flexibility index (Phi) is 5.58. The summed E-state index contributed by atoms with van der Waals surface area (Å²) in [6.07, 6.45) is 1.63. The maximum atomic E-state index is 12.9. The Morgan fingerprint density at radius 1 is 1.17 bits per heavy atom. The van der Waals surface area contributed by atoms with E-state index in [1.807, 2.05) is 0 Å². The topological polar surface area (TPSA) is 74.7 Å². The smallest absolute Gasteiger partial charge is 0.259 e. The summed E-state index contributed by atoms with van der Waals surface area (Å²) in [5, 5.41) is 13.7. The second-order valence-corrected chi connectivity index (χ2v) is 7.28. The summed E-state index contributed by atoms with van der Waals surface area (Å²) in [5.74, 6) is 0.581. The van der Waals surface area contributed by atoms with Crippen LogP contribution in [0.25, 0.3) is 0 Å². The molecular weight excluding hydrogens is 413 g/mol. The molecule has 1 amide bonds. The molecule has 3 aromatic rings. The first-order chi connectivity index (χ1) is 14.1. The zero-order valence-corrected chi connectivity index (χ0v) is 16.7. The van der Waals surface area contributed by atoms with Crippen LogP contribution < -0.4 is 15.0 Å². The second kappa shape index (κ2) is 8.29. The number of nitrogens with one attached hydrogen (secondary N) is 1. The van der Waals surface area contributed by atoms with Crippen molar-refractivity contribution in [2.75, 3.05) is 23.4 Å². The lowest BCUT2D eigenvalue weighted by Crippen LogP contribution is -2.43. The Hall–Kier alpha value is -2.80. The maximum absolute atomic E-state index is 12.9. The van der Waals surface area contributed by atoms with Gasteiger partial charge in [0.2, 0.25) is 0 Å². The zero-order chi connectivity index (χ0) is 20.4. The number of aromatic nitrogens is 1. The number of nitrogens with zero attached hydrogens (tertiary/aromatic N) is 2. The van der Waals surface area contributed by atoms with Gasteiger partial charge in [0, 0.05) is 16.9 Å². The van der Waals surface area contributed by atoms with Gasteiger partial charge in [0.25, 0.3) is 5.91 Å². The van der Waals surface area contributed by atoms with Crippen molar-refractivity contribution in [1.29, 1.82) is 0 Å². The number of para-hydroxylation sites is 1. The molecule has 2 aromatic carbocycles. The average Bonchev–Trinajstić information content (AvgIpc) is 2.74. The first-order valence-corrected chi connectivity index (χ1v) is 9.67. The Labute approximate surface area is 177 Å². The van der Waals surface area contributed by atoms with Crippen LogP contribution in [-0.4, -0.2) is 35.3 Å². The molecule has 0 saturated heterocycles. The molecule has 0 radical (unpaired) electrons. The first kappa shape index (κ1) is 19.5. The number of benzene rings is 2. The van der Waals surface area contributed by atoms with Gasteiger partial charge in [-0.05, 0) is 48.5 Å². The number of halogens is 2. The summed E-state index contributed by atoms with van der Waals surface area (Å²) in [4.78, 5) is 19.1. The molecule has 6 nitrogen and oxygen atoms in total. The number of hydrogen-bond donors (Lipinski definition) is 2. The van der Waals surface area contributed by atoms with Crippen LogP contribution in [-0.2, 0) is 0 Å². The third kappa shape index (κ3) is 3.87. The number of carbonyl (C=O) groups is 1. The van der Waals surface area contributed by atoms with Crippen LogP contribution in [0.5, 0.6) is 5.75 Å². The van der Waals surface area contributed by atoms with Gasteiger partial charge in [-0.15, -0.1) is 0 Å². The zero-order valence-electron chi connectivity index (χ0n) is 15.2. The standard InChI is InChI=1S/C21H17Cl2N3O3/c22-13-6-8-14(9-7-13)25-21(28)16-3-1-5-18-19(16)29-12-15(11-27)26(18)20-17(23)4-2-10-24-20/h1-10,15,27H,11-12H2,(H,25,28)/t15-/m0/s1. The van der Waals surface area contributed by atoms with Crippen molar-refractivity contribution < 1.29 is 14.6 Å². The van der Waals surface area contributed by atoms with Crippen LogP contribution in [0.1, 0.15) is 10.4 Å². The molecule has 0 aliphatic carbocycles. The molecule has 1 aromatic heterocycles. The lowest BCUT2D eigenvalue weighted by molar-refractivity contribution is 0.102. The van der Waals surface area contributed by atoms with E-state index in [9.17, 15) is 9.90 Å². The number of ether oxygens (including phenoxy) is 1. The van der Waals surface area contributed by atoms with Crippen molar-refractivity contribution in [2.24, 2.45) is 0 Å². The van der Waals surface area contributed by atoms with Crippen molar-refractivity contribution in [3.8, 4) is 5.75 Å². The summed E-state index contributed by atoms with van der Waals surface area (Å²) in [6.45, 7) is 0.0230. The normalized spacial score (nSPS) is 15.4. The van der Waals surface area contributed by atoms with Crippen molar-refractivity contribution in [1.82, 2.24) is 4.98 Å². The second-order valence-electron chi connectivity index (χ2n) is 6.44. The van der Waals surface area contributed by atoms with E-state index in [2.05, 4.69) is 10.3 Å². The summed E-state index contributed by atoms with van der Waals surface area (Å²) in [5.41, 5.74) is 1.59. The highest BCUT2D eigenvalue weighted by Crippen LogP contribution is 2.42. The number of aliphatic hydroxyl groups is 1. The van der Waals surface area contributed by atoms with Gasteiger partial charge in [0.1, 0.15) is 6.61 Å². The molecule has 1 aliphatic rings. The molecule has 1 atom stereocenters. The Bertz CT molecular complexity index is 1040. The maximum Gasteiger partial charge on any atom is 0.259 e. The number of fused-ring (bicyclic) bond motifs is 1. The van der Waals surface area contributed by atoms with E-state index in [1.54, 1.807) is 65.7 Å². The molecule has 0 saturated carbocycles. The minimum atomic E-state index is -0.385. The number of pyridine rings is 1. The van der Waals surface area contributed by atoms with E-state index in [0.29, 0.717) is 38.6 Å². The summed E-state index contributed by atoms with van der Waals surface area (Å²) < 4.78 is 5.87. The molecule has 0 unspecified atom stereocenters. The van der Waals surface area contributed by atoms with Gasteiger partial charge in [-0.2, -0.15) is 0 Å². The van der Waals surface area contributed by atoms with Crippen molar-refractivity contribution in [2.45, 2.75) is 6.04 Å². The monoisotopic (exact) mass is 429 g/mol. The number of amides is 1. The first-order valence-electron chi connectivity index (χ1n) is 8.92. The highest BCUT2D eigenvalue weighted by molar-refractivity contribution is 6.33. The predicted octanol–water partition coefficient (Wildman–Crippen LogP) is 4.53. The highest BCUT2D eigenvalue weighted by atomic mass is 35.5. The molecule has 2 heterocycles. The van der Waals surface area contributed by atoms with Crippen LogP contribution >= 0.6 is 23.2 Å². The van der Waals surface area contributed by atoms with Crippen molar-refractivity contribution >= 4 is 46.3 Å². The lowest BCUT2D eigenvalue weighted by atomic mass is 10.1. The lowest BCUT2D eigenvalue weighted by Gasteiger charge is -2.37. The Morgan fingerprint density at radius 3 is 2.69 bits per heavy atom. The minimum Gasteiger partial charge on any atom is -0.488 e. The number of aliphatic hydroxyl groups excluding tert-OH is 1. The van der Waals surface area contributed by atoms with Gasteiger partial charge in [-0.1, -0.05) is 29.3 Å². The van der Waals surface area contributed by atoms with Gasteiger partial charge >= 0.3 is 0 Å². The van der Waals surface area contributed by atoms with Gasteiger partial charge in [0.15, 0.2) is 11.6 Å². The Balaban J connectivity index is 1.73. The third-order valence-electron chi connectivity index (χ3n) is 4.56. The summed E-state index contributed by atoms with van der Waals surface area (Å²) >= 11 is 12.3. The molecule has 2 N–H and O–H groups in total. The van der Waals surface area contributed by atoms with Gasteiger partial charge < -0.3 is 20.1 Å². The summed E-state index contributed by atoms with van der Waals surface area (Å²) in [7, 11) is 0. The van der Waals surface area contributed by atoms with Gasteiger partial charge in [0.05, 0.1) is 28.9 Å². The van der Waals surface area contributed by atoms with E-state index in [4.69, 9.17) is 27.9 Å². The molecule has 148 valence electrons. The van der Waals surface area contributed by atoms with Gasteiger partial charge in [-0.3, -0.25) is 4.79 Å². The predicted molar refractivity (Wildman–Crippen MR) is 114 cm³/mol. The Morgan fingerprint density at radius 2 is 1.97 bits per heavy atom. The molecule has 8 heteroatoms. The van der Waals surface area contributed by atoms with Crippen molar-refractivity contribution in [3.05, 3.63) is 76.4 Å². The largest absolute Gasteiger partial charge is 0.488 e. The third-order valence-corrected chi connectivity index (χ3v) is 5.11. The van der Waals surface area contributed by atoms with E-state index >= 15 is 0 Å². The quantitative estimate of drug-likeness (QED) is 0.636. The molecular formula is C21H17Cl2N3O3. The molecule has 1 aliphatic heterocycles.